The molecule has 5 aromatic carbocycles. The molecule has 30 nitrogen and oxygen atoms in total. The zero-order chi connectivity index (χ0) is 88.2. The van der Waals surface area contributed by atoms with Crippen LogP contribution in [0.4, 0.5) is 27.7 Å². The number of benzene rings is 5. The van der Waals surface area contributed by atoms with Crippen LogP contribution in [-0.4, -0.2) is 135 Å². The number of hydrogen-bond donors (Lipinski definition) is 12. The third-order valence-corrected chi connectivity index (χ3v) is 26.0. The molecule has 31 heteroatoms. The van der Waals surface area contributed by atoms with Crippen LogP contribution in [0.2, 0.25) is 0 Å². The molecule has 17 aromatic rings. The van der Waals surface area contributed by atoms with Crippen LogP contribution in [0.15, 0.2) is 171 Å². The smallest absolute Gasteiger partial charge is 0.306 e. The molecular weight excluding hydrogens is 1610 g/mol. The summed E-state index contributed by atoms with van der Waals surface area (Å²) < 4.78 is 33.0. The third kappa shape index (κ3) is 16.1. The van der Waals surface area contributed by atoms with E-state index in [-0.39, 0.29) is 59.3 Å². The molecule has 0 unspecified atom stereocenters. The molecule has 650 valence electrons. The lowest BCUT2D eigenvalue weighted by Crippen LogP contribution is -2.21. The van der Waals surface area contributed by atoms with Crippen molar-refractivity contribution >= 4 is 113 Å². The molecule has 0 bridgehead atoms. The van der Waals surface area contributed by atoms with Crippen LogP contribution in [-0.2, 0) is 25.6 Å². The van der Waals surface area contributed by atoms with Crippen molar-refractivity contribution < 1.29 is 53.5 Å². The van der Waals surface area contributed by atoms with Gasteiger partial charge in [0, 0.05) is 106 Å². The van der Waals surface area contributed by atoms with E-state index in [1.165, 1.54) is 17.7 Å². The molecule has 0 spiro atoms. The predicted molar refractivity (Wildman–Crippen MR) is 485 cm³/mol. The maximum absolute atomic E-state index is 13.5. The number of nitrogen functional groups attached to an aromatic ring is 4. The fraction of sp³-hybridized carbons (Fsp3) is 0.312. The molecule has 4 aliphatic rings. The number of aryl methyl sites for hydroxylation is 1. The van der Waals surface area contributed by atoms with Gasteiger partial charge in [0.05, 0.1) is 76.2 Å². The van der Waals surface area contributed by atoms with Gasteiger partial charge in [0.25, 0.3) is 0 Å². The first-order valence-corrected chi connectivity index (χ1v) is 43.4. The second-order valence-electron chi connectivity index (χ2n) is 34.0. The Hall–Kier alpha value is -14.7. The van der Waals surface area contributed by atoms with E-state index in [0.29, 0.717) is 80.3 Å². The Bertz CT molecular complexity index is 6820. The standard InChI is InChI=1S/C27H24FN5O2.C24H27N5O3.C23H25N5O2.C22H23N5O3/c28-19-10-8-15(9-11-19)20-3-1-2-18-14-21(31-22(18)20)23-24-25(29)30-12-13-33(24)26(32-23)16-4-6-17(7-5-16)27(34)35;1-13(2)32-18-5-3-4-16-12-17(27-19(16)18)20-21-22(25)26-10-11-29(21)23(28-20)14-6-8-15(9-7-14)24(30)31;1-2-13-4-3-5-16-12-17(26-18(13)16)19-20-21(24)25-10-11-28(20)22(27-19)14-6-8-15(9-7-14)23(29)30;1-30-16-4-2-3-14-11-15(25-17(14)16)18-19-20(23)24-9-10-27(19)21(26-18)12-5-7-13(8-6-12)22(28)29/h1-3,8-14,16-17,31H,4-7H2,(H2,29,30)(H,34,35);3-5,10-15,27H,6-9H2,1-2H3,(H2,25,26)(H,30,31);3-5,10-12,14-15,26H,2,6-9H2,1H3,(H2,24,25)(H,29,30);2-4,9-13,25H,5-8H2,1H3,(H2,23,24)(H,28,29). The number of imidazole rings is 4. The third-order valence-electron chi connectivity index (χ3n) is 26.0. The normalized spacial score (nSPS) is 19.0. The first-order valence-electron chi connectivity index (χ1n) is 43.4. The van der Waals surface area contributed by atoms with Crippen LogP contribution in [0.1, 0.15) is 176 Å². The monoisotopic (exact) mass is 1710 g/mol. The molecule has 0 atom stereocenters. The molecule has 16 N–H and O–H groups in total. The molecule has 4 saturated carbocycles. The van der Waals surface area contributed by atoms with E-state index < -0.39 is 23.9 Å². The molecule has 0 amide bonds. The minimum absolute atomic E-state index is 0.0631. The summed E-state index contributed by atoms with van der Waals surface area (Å²) in [6.07, 6.45) is 26.8. The van der Waals surface area contributed by atoms with Crippen molar-refractivity contribution in [3.05, 3.63) is 206 Å². The number of carboxylic acids is 4. The number of carbonyl (C=O) groups is 4. The fourth-order valence-corrected chi connectivity index (χ4v) is 19.5. The Morgan fingerprint density at radius 1 is 0.409 bits per heavy atom. The fourth-order valence-electron chi connectivity index (χ4n) is 19.5. The van der Waals surface area contributed by atoms with Gasteiger partial charge in [0.1, 0.15) is 109 Å². The van der Waals surface area contributed by atoms with Gasteiger partial charge in [-0.1, -0.05) is 79.7 Å². The highest BCUT2D eigenvalue weighted by atomic mass is 19.1. The highest BCUT2D eigenvalue weighted by molar-refractivity contribution is 6.00. The van der Waals surface area contributed by atoms with Crippen LogP contribution in [0.5, 0.6) is 11.5 Å². The second kappa shape index (κ2) is 34.8. The van der Waals surface area contributed by atoms with Crippen LogP contribution < -0.4 is 32.4 Å². The maximum atomic E-state index is 13.5. The minimum atomic E-state index is -0.722. The molecule has 127 heavy (non-hydrogen) atoms. The Morgan fingerprint density at radius 2 is 0.709 bits per heavy atom. The molecule has 0 radical (unpaired) electrons. The van der Waals surface area contributed by atoms with Crippen molar-refractivity contribution in [2.75, 3.05) is 30.0 Å². The van der Waals surface area contributed by atoms with E-state index in [0.717, 1.165) is 209 Å². The number of hydrogen-bond acceptors (Lipinski definition) is 18. The lowest BCUT2D eigenvalue weighted by molar-refractivity contribution is -0.143. The zero-order valence-electron chi connectivity index (χ0n) is 70.7. The molecule has 12 aromatic heterocycles. The van der Waals surface area contributed by atoms with Gasteiger partial charge < -0.3 is 72.8 Å². The van der Waals surface area contributed by atoms with E-state index in [1.807, 2.05) is 123 Å². The van der Waals surface area contributed by atoms with Gasteiger partial charge in [-0.3, -0.25) is 36.8 Å². The highest BCUT2D eigenvalue weighted by Gasteiger charge is 2.36. The number of H-pyrrole nitrogens is 4. The quantitative estimate of drug-likeness (QED) is 0.0403. The van der Waals surface area contributed by atoms with Crippen molar-refractivity contribution in [2.45, 2.75) is 160 Å². The summed E-state index contributed by atoms with van der Waals surface area (Å²) in [7, 11) is 1.65. The van der Waals surface area contributed by atoms with Crippen molar-refractivity contribution in [2.24, 2.45) is 23.7 Å². The topological polar surface area (TPSA) is 456 Å². The lowest BCUT2D eigenvalue weighted by atomic mass is 9.81. The summed E-state index contributed by atoms with van der Waals surface area (Å²) >= 11 is 0. The number of aromatic nitrogens is 16. The van der Waals surface area contributed by atoms with Crippen LogP contribution in [0, 0.1) is 29.5 Å². The SMILES string of the molecule is CC(C)Oc1cccc2cc(-c3nc(C4CCC(C(=O)O)CC4)n4ccnc(N)c34)[nH]c12.CCc1cccc2cc(-c3nc(C4CCC(C(=O)O)CC4)n4ccnc(N)c34)[nH]c12.COc1cccc2cc(-c3nc(C4CCC(C(=O)O)CC4)n4ccnc(N)c34)[nH]c12.Nc1nccn2c(C3CCC(C(=O)O)CC3)nc(-c3cc4cccc(-c5ccc(F)cc5)c4[nH]3)c12. The first kappa shape index (κ1) is 83.3. The molecule has 0 saturated heterocycles. The van der Waals surface area contributed by atoms with Gasteiger partial charge in [0.15, 0.2) is 0 Å². The van der Waals surface area contributed by atoms with Gasteiger partial charge in [-0.15, -0.1) is 0 Å². The van der Waals surface area contributed by atoms with Crippen molar-refractivity contribution in [3.8, 4) is 68.2 Å². The average Bonchev–Trinajstić information content (AvgIpc) is 1.61. The van der Waals surface area contributed by atoms with E-state index >= 15 is 0 Å². The molecule has 0 aliphatic heterocycles. The number of nitrogens with zero attached hydrogens (tertiary/aromatic N) is 12. The number of anilines is 4. The van der Waals surface area contributed by atoms with Crippen molar-refractivity contribution in [1.82, 2.24) is 77.4 Å². The summed E-state index contributed by atoms with van der Waals surface area (Å²) in [5.41, 5.74) is 41.7. The van der Waals surface area contributed by atoms with E-state index in [4.69, 9.17) is 52.3 Å². The van der Waals surface area contributed by atoms with E-state index in [1.54, 1.807) is 44.0 Å². The summed E-state index contributed by atoms with van der Waals surface area (Å²) in [4.78, 5) is 96.7. The highest BCUT2D eigenvalue weighted by Crippen LogP contribution is 2.46. The number of rotatable bonds is 17. The first-order chi connectivity index (χ1) is 61.5. The zero-order valence-corrected chi connectivity index (χ0v) is 70.7. The van der Waals surface area contributed by atoms with Gasteiger partial charge >= 0.3 is 23.9 Å². The number of nitrogens with two attached hydrogens (primary N) is 4. The number of para-hydroxylation sites is 4. The van der Waals surface area contributed by atoms with Crippen molar-refractivity contribution in [3.63, 3.8) is 0 Å². The number of carboxylic acid groups (broad SMARTS) is 4. The number of fused-ring (bicyclic) bond motifs is 8. The van der Waals surface area contributed by atoms with E-state index in [2.05, 4.69) is 77.1 Å². The van der Waals surface area contributed by atoms with Crippen LogP contribution in [0.25, 0.3) is 122 Å². The summed E-state index contributed by atoms with van der Waals surface area (Å²) in [5.74, 6) is 3.40. The minimum Gasteiger partial charge on any atom is -0.495 e. The molecule has 21 rings (SSSR count). The Balaban J connectivity index is 0.000000115. The molecule has 4 aliphatic carbocycles. The van der Waals surface area contributed by atoms with Crippen LogP contribution >= 0.6 is 0 Å². The lowest BCUT2D eigenvalue weighted by Gasteiger charge is -2.25. The number of ether oxygens (including phenoxy) is 2. The van der Waals surface area contributed by atoms with Gasteiger partial charge in [-0.25, -0.2) is 44.3 Å². The summed E-state index contributed by atoms with van der Waals surface area (Å²) in [6, 6.07) is 38.9. The number of aromatic amines is 4. The Kier molecular flexibility index (Phi) is 22.8. The number of halogens is 1. The second-order valence-corrected chi connectivity index (χ2v) is 34.0. The van der Waals surface area contributed by atoms with Gasteiger partial charge in [-0.05, 0) is 183 Å². The summed E-state index contributed by atoms with van der Waals surface area (Å²) in [6.45, 7) is 6.15. The molecular formula is C96H99FN20O10. The van der Waals surface area contributed by atoms with Gasteiger partial charge in [-0.2, -0.15) is 0 Å². The molecule has 12 heterocycles. The predicted octanol–water partition coefficient (Wildman–Crippen LogP) is 18.4. The number of methoxy groups -OCH3 is 1. The van der Waals surface area contributed by atoms with Crippen LogP contribution in [0.3, 0.4) is 0 Å². The Labute approximate surface area is 727 Å². The number of aliphatic carboxylic acids is 4. The average molecular weight is 1710 g/mol. The van der Waals surface area contributed by atoms with E-state index in [9.17, 15) is 44.0 Å². The molecule has 4 fully saturated rings. The Morgan fingerprint density at radius 3 is 1.04 bits per heavy atom. The largest absolute Gasteiger partial charge is 0.495 e. The van der Waals surface area contributed by atoms with Gasteiger partial charge in [0.2, 0.25) is 0 Å². The summed E-state index contributed by atoms with van der Waals surface area (Å²) in [5, 5.41) is 41.6. The van der Waals surface area contributed by atoms with Crippen molar-refractivity contribution in [1.29, 1.82) is 0 Å². The number of nitrogens with one attached hydrogen (secondary N) is 4. The maximum Gasteiger partial charge on any atom is 0.306 e.